The maximum atomic E-state index is 4.42. The lowest BCUT2D eigenvalue weighted by molar-refractivity contribution is 1.19. The first-order chi connectivity index (χ1) is 7.93. The Balaban J connectivity index is 2.19. The molecule has 3 heteroatoms. The van der Waals surface area contributed by atoms with Gasteiger partial charge in [-0.2, -0.15) is 0 Å². The molecular formula is C13H9N3. The Labute approximate surface area is 92.8 Å². The standard InChI is InChI=1S/C13H9N3/c1-2-5-10(6-3-1)12-15-9-11-7-4-8-14-13(11)16-12/h1-9H. The zero-order valence-corrected chi connectivity index (χ0v) is 8.54. The summed E-state index contributed by atoms with van der Waals surface area (Å²) in [5.74, 6) is 0.715. The molecule has 0 bridgehead atoms. The van der Waals surface area contributed by atoms with Crippen LogP contribution in [0.15, 0.2) is 54.9 Å². The van der Waals surface area contributed by atoms with Gasteiger partial charge in [-0.1, -0.05) is 30.3 Å². The number of fused-ring (bicyclic) bond motifs is 1. The van der Waals surface area contributed by atoms with Crippen LogP contribution >= 0.6 is 0 Å². The molecule has 0 aliphatic heterocycles. The molecule has 76 valence electrons. The summed E-state index contributed by atoms with van der Waals surface area (Å²) in [5.41, 5.74) is 1.74. The van der Waals surface area contributed by atoms with E-state index in [1.54, 1.807) is 12.4 Å². The summed E-state index contributed by atoms with van der Waals surface area (Å²) in [6.07, 6.45) is 3.54. The molecule has 2 heterocycles. The molecule has 0 aliphatic rings. The summed E-state index contributed by atoms with van der Waals surface area (Å²) in [6.45, 7) is 0. The molecule has 0 aliphatic carbocycles. The van der Waals surface area contributed by atoms with Gasteiger partial charge < -0.3 is 0 Å². The minimum absolute atomic E-state index is 0.715. The first kappa shape index (κ1) is 8.97. The Morgan fingerprint density at radius 2 is 1.69 bits per heavy atom. The molecule has 2 aromatic heterocycles. The highest BCUT2D eigenvalue weighted by Gasteiger charge is 2.01. The Morgan fingerprint density at radius 3 is 2.56 bits per heavy atom. The average molecular weight is 207 g/mol. The Kier molecular flexibility index (Phi) is 2.07. The lowest BCUT2D eigenvalue weighted by Gasteiger charge is -2.00. The van der Waals surface area contributed by atoms with Crippen molar-refractivity contribution in [3.05, 3.63) is 54.9 Å². The molecular weight excluding hydrogens is 198 g/mol. The van der Waals surface area contributed by atoms with Gasteiger partial charge in [0.25, 0.3) is 0 Å². The molecule has 1 aromatic carbocycles. The maximum absolute atomic E-state index is 4.42. The van der Waals surface area contributed by atoms with E-state index in [1.807, 2.05) is 42.5 Å². The second-order valence-electron chi connectivity index (χ2n) is 3.48. The van der Waals surface area contributed by atoms with E-state index in [-0.39, 0.29) is 0 Å². The van der Waals surface area contributed by atoms with Crippen molar-refractivity contribution in [1.29, 1.82) is 0 Å². The van der Waals surface area contributed by atoms with Crippen LogP contribution in [0.3, 0.4) is 0 Å². The van der Waals surface area contributed by atoms with Crippen molar-refractivity contribution in [1.82, 2.24) is 15.0 Å². The minimum atomic E-state index is 0.715. The SMILES string of the molecule is c1ccc(-c2ncc3cccnc3n2)cc1. The fourth-order valence-electron chi connectivity index (χ4n) is 1.59. The third kappa shape index (κ3) is 1.52. The van der Waals surface area contributed by atoms with Gasteiger partial charge >= 0.3 is 0 Å². The van der Waals surface area contributed by atoms with Gasteiger partial charge in [0.1, 0.15) is 0 Å². The highest BCUT2D eigenvalue weighted by Crippen LogP contribution is 2.16. The molecule has 3 rings (SSSR count). The second kappa shape index (κ2) is 3.70. The molecule has 0 saturated heterocycles. The summed E-state index contributed by atoms with van der Waals surface area (Å²) < 4.78 is 0. The van der Waals surface area contributed by atoms with Gasteiger partial charge in [0.05, 0.1) is 0 Å². The van der Waals surface area contributed by atoms with Crippen molar-refractivity contribution in [2.75, 3.05) is 0 Å². The van der Waals surface area contributed by atoms with Crippen LogP contribution in [0.5, 0.6) is 0 Å². The number of nitrogens with zero attached hydrogens (tertiary/aromatic N) is 3. The Bertz CT molecular complexity index is 620. The van der Waals surface area contributed by atoms with Crippen molar-refractivity contribution >= 4 is 11.0 Å². The van der Waals surface area contributed by atoms with Gasteiger partial charge in [-0.3, -0.25) is 0 Å². The lowest BCUT2D eigenvalue weighted by Crippen LogP contribution is -1.90. The van der Waals surface area contributed by atoms with E-state index >= 15 is 0 Å². The van der Waals surface area contributed by atoms with Crippen LogP contribution < -0.4 is 0 Å². The van der Waals surface area contributed by atoms with E-state index < -0.39 is 0 Å². The zero-order chi connectivity index (χ0) is 10.8. The maximum Gasteiger partial charge on any atom is 0.163 e. The highest BCUT2D eigenvalue weighted by molar-refractivity contribution is 5.75. The van der Waals surface area contributed by atoms with Gasteiger partial charge in [-0.05, 0) is 12.1 Å². The fourth-order valence-corrected chi connectivity index (χ4v) is 1.59. The smallest absolute Gasteiger partial charge is 0.163 e. The van der Waals surface area contributed by atoms with Crippen molar-refractivity contribution in [3.8, 4) is 11.4 Å². The first-order valence-electron chi connectivity index (χ1n) is 5.07. The zero-order valence-electron chi connectivity index (χ0n) is 8.54. The first-order valence-corrected chi connectivity index (χ1v) is 5.07. The van der Waals surface area contributed by atoms with Crippen LogP contribution in [0, 0.1) is 0 Å². The van der Waals surface area contributed by atoms with Crippen LogP contribution in [-0.2, 0) is 0 Å². The number of rotatable bonds is 1. The average Bonchev–Trinajstić information content (AvgIpc) is 2.39. The van der Waals surface area contributed by atoms with Crippen LogP contribution in [-0.4, -0.2) is 15.0 Å². The van der Waals surface area contributed by atoms with E-state index in [9.17, 15) is 0 Å². The summed E-state index contributed by atoms with van der Waals surface area (Å²) in [6, 6.07) is 13.7. The normalized spacial score (nSPS) is 10.5. The quantitative estimate of drug-likeness (QED) is 0.615. The molecule has 0 spiro atoms. The van der Waals surface area contributed by atoms with E-state index in [1.165, 1.54) is 0 Å². The molecule has 0 saturated carbocycles. The van der Waals surface area contributed by atoms with Gasteiger partial charge in [0.2, 0.25) is 0 Å². The van der Waals surface area contributed by atoms with Crippen LogP contribution in [0.25, 0.3) is 22.4 Å². The van der Waals surface area contributed by atoms with Crippen molar-refractivity contribution < 1.29 is 0 Å². The fraction of sp³-hybridized carbons (Fsp3) is 0. The van der Waals surface area contributed by atoms with Gasteiger partial charge in [0.15, 0.2) is 11.5 Å². The number of benzene rings is 1. The Morgan fingerprint density at radius 1 is 0.812 bits per heavy atom. The van der Waals surface area contributed by atoms with Crippen molar-refractivity contribution in [2.24, 2.45) is 0 Å². The number of pyridine rings is 1. The number of hydrogen-bond acceptors (Lipinski definition) is 3. The largest absolute Gasteiger partial charge is 0.237 e. The molecule has 0 amide bonds. The predicted octanol–water partition coefficient (Wildman–Crippen LogP) is 2.69. The third-order valence-electron chi connectivity index (χ3n) is 2.39. The summed E-state index contributed by atoms with van der Waals surface area (Å²) in [7, 11) is 0. The summed E-state index contributed by atoms with van der Waals surface area (Å²) in [5, 5.41) is 0.960. The third-order valence-corrected chi connectivity index (χ3v) is 2.39. The van der Waals surface area contributed by atoms with E-state index in [0.29, 0.717) is 5.82 Å². The van der Waals surface area contributed by atoms with E-state index in [0.717, 1.165) is 16.6 Å². The predicted molar refractivity (Wildman–Crippen MR) is 62.8 cm³/mol. The molecule has 0 unspecified atom stereocenters. The molecule has 0 radical (unpaired) electrons. The number of aromatic nitrogens is 3. The van der Waals surface area contributed by atoms with E-state index in [4.69, 9.17) is 0 Å². The molecule has 3 aromatic rings. The van der Waals surface area contributed by atoms with Crippen LogP contribution in [0.2, 0.25) is 0 Å². The van der Waals surface area contributed by atoms with Gasteiger partial charge in [-0.15, -0.1) is 0 Å². The van der Waals surface area contributed by atoms with Crippen molar-refractivity contribution in [3.63, 3.8) is 0 Å². The topological polar surface area (TPSA) is 38.7 Å². The van der Waals surface area contributed by atoms with Gasteiger partial charge in [-0.25, -0.2) is 15.0 Å². The van der Waals surface area contributed by atoms with Crippen molar-refractivity contribution in [2.45, 2.75) is 0 Å². The van der Waals surface area contributed by atoms with Crippen LogP contribution in [0.4, 0.5) is 0 Å². The monoisotopic (exact) mass is 207 g/mol. The summed E-state index contributed by atoms with van der Waals surface area (Å²) in [4.78, 5) is 13.0. The summed E-state index contributed by atoms with van der Waals surface area (Å²) >= 11 is 0. The minimum Gasteiger partial charge on any atom is -0.237 e. The Hall–Kier alpha value is -2.29. The molecule has 0 fully saturated rings. The lowest BCUT2D eigenvalue weighted by atomic mass is 10.2. The second-order valence-corrected chi connectivity index (χ2v) is 3.48. The van der Waals surface area contributed by atoms with Crippen LogP contribution in [0.1, 0.15) is 0 Å². The van der Waals surface area contributed by atoms with Gasteiger partial charge in [0, 0.05) is 23.3 Å². The highest BCUT2D eigenvalue weighted by atomic mass is 14.9. The molecule has 0 N–H and O–H groups in total. The molecule has 3 nitrogen and oxygen atoms in total. The van der Waals surface area contributed by atoms with E-state index in [2.05, 4.69) is 15.0 Å². The molecule has 16 heavy (non-hydrogen) atoms. The number of hydrogen-bond donors (Lipinski definition) is 0. The molecule has 0 atom stereocenters.